The Hall–Kier alpha value is -0.820. The van der Waals surface area contributed by atoms with Gasteiger partial charge in [-0.15, -0.1) is 0 Å². The van der Waals surface area contributed by atoms with E-state index in [0.29, 0.717) is 25.3 Å². The molecule has 1 aromatic carbocycles. The van der Waals surface area contributed by atoms with Crippen LogP contribution in [0.25, 0.3) is 0 Å². The lowest BCUT2D eigenvalue weighted by atomic mass is 10.3. The minimum Gasteiger partial charge on any atom is -0.398 e. The highest BCUT2D eigenvalue weighted by atomic mass is 35.5. The van der Waals surface area contributed by atoms with Crippen molar-refractivity contribution in [3.05, 3.63) is 23.2 Å². The van der Waals surface area contributed by atoms with Crippen LogP contribution in [-0.2, 0) is 14.8 Å². The highest BCUT2D eigenvalue weighted by molar-refractivity contribution is 7.89. The zero-order chi connectivity index (χ0) is 15.0. The van der Waals surface area contributed by atoms with Crippen molar-refractivity contribution in [1.82, 2.24) is 4.72 Å². The van der Waals surface area contributed by atoms with Gasteiger partial charge in [0.05, 0.1) is 15.6 Å². The van der Waals surface area contributed by atoms with E-state index >= 15 is 0 Å². The fourth-order valence-electron chi connectivity index (χ4n) is 1.49. The average Bonchev–Trinajstić information content (AvgIpc) is 2.40. The lowest BCUT2D eigenvalue weighted by Gasteiger charge is -2.08. The average molecular weight is 321 g/mol. The summed E-state index contributed by atoms with van der Waals surface area (Å²) < 4.78 is 31.8. The Balaban J connectivity index is 2.40. The van der Waals surface area contributed by atoms with Crippen LogP contribution in [0.5, 0.6) is 0 Å². The molecule has 0 aliphatic heterocycles. The third kappa shape index (κ3) is 5.66. The molecule has 0 aromatic heterocycles. The van der Waals surface area contributed by atoms with Crippen molar-refractivity contribution in [3.8, 4) is 0 Å². The fraction of sp³-hybridized carbons (Fsp3) is 0.538. The van der Waals surface area contributed by atoms with Crippen LogP contribution in [0.3, 0.4) is 0 Å². The zero-order valence-corrected chi connectivity index (χ0v) is 13.1. The molecule has 0 spiro atoms. The normalized spacial score (nSPS) is 11.7. The first-order valence-corrected chi connectivity index (χ1v) is 8.46. The van der Waals surface area contributed by atoms with Crippen molar-refractivity contribution in [2.45, 2.75) is 31.1 Å². The van der Waals surface area contributed by atoms with Gasteiger partial charge in [-0.25, -0.2) is 13.1 Å². The van der Waals surface area contributed by atoms with Crippen molar-refractivity contribution in [1.29, 1.82) is 0 Å². The van der Waals surface area contributed by atoms with Gasteiger partial charge >= 0.3 is 0 Å². The second kappa shape index (κ2) is 8.46. The first kappa shape index (κ1) is 17.2. The molecule has 0 saturated carbocycles. The molecule has 0 atom stereocenters. The summed E-state index contributed by atoms with van der Waals surface area (Å²) in [4.78, 5) is 0.114. The van der Waals surface area contributed by atoms with Crippen molar-refractivity contribution in [2.24, 2.45) is 0 Å². The van der Waals surface area contributed by atoms with Gasteiger partial charge in [0.2, 0.25) is 10.0 Å². The number of benzene rings is 1. The number of ether oxygens (including phenoxy) is 1. The molecule has 0 heterocycles. The quantitative estimate of drug-likeness (QED) is 0.541. The Kier molecular flexibility index (Phi) is 7.29. The summed E-state index contributed by atoms with van der Waals surface area (Å²) in [6, 6.07) is 4.25. The van der Waals surface area contributed by atoms with Crippen molar-refractivity contribution in [3.63, 3.8) is 0 Å². The van der Waals surface area contributed by atoms with Gasteiger partial charge in [-0.1, -0.05) is 24.9 Å². The molecule has 20 heavy (non-hydrogen) atoms. The van der Waals surface area contributed by atoms with Crippen molar-refractivity contribution < 1.29 is 13.2 Å². The molecule has 0 saturated heterocycles. The maximum atomic E-state index is 12.0. The van der Waals surface area contributed by atoms with E-state index in [2.05, 4.69) is 11.6 Å². The van der Waals surface area contributed by atoms with Gasteiger partial charge in [0.15, 0.2) is 0 Å². The minimum atomic E-state index is -3.54. The summed E-state index contributed by atoms with van der Waals surface area (Å²) in [5.41, 5.74) is 5.90. The number of rotatable bonds is 9. The van der Waals surface area contributed by atoms with E-state index in [0.717, 1.165) is 19.4 Å². The van der Waals surface area contributed by atoms with E-state index < -0.39 is 10.0 Å². The molecule has 5 nitrogen and oxygen atoms in total. The second-order valence-corrected chi connectivity index (χ2v) is 6.57. The van der Waals surface area contributed by atoms with Crippen LogP contribution >= 0.6 is 11.6 Å². The van der Waals surface area contributed by atoms with Crippen LogP contribution in [0.2, 0.25) is 5.02 Å². The van der Waals surface area contributed by atoms with Crippen LogP contribution in [0.4, 0.5) is 5.69 Å². The molecule has 0 amide bonds. The topological polar surface area (TPSA) is 81.4 Å². The number of hydrogen-bond donors (Lipinski definition) is 2. The predicted molar refractivity (Wildman–Crippen MR) is 81.4 cm³/mol. The molecule has 0 fully saturated rings. The number of anilines is 1. The summed E-state index contributed by atoms with van der Waals surface area (Å²) in [6.07, 6.45) is 2.74. The van der Waals surface area contributed by atoms with Crippen LogP contribution in [0, 0.1) is 0 Å². The van der Waals surface area contributed by atoms with Gasteiger partial charge in [0.1, 0.15) is 0 Å². The number of nitrogens with one attached hydrogen (secondary N) is 1. The maximum Gasteiger partial charge on any atom is 0.240 e. The Morgan fingerprint density at radius 3 is 2.65 bits per heavy atom. The zero-order valence-electron chi connectivity index (χ0n) is 11.6. The molecular formula is C13H21ClN2O3S. The van der Waals surface area contributed by atoms with E-state index in [1.807, 2.05) is 0 Å². The summed E-state index contributed by atoms with van der Waals surface area (Å²) in [5.74, 6) is 0. The van der Waals surface area contributed by atoms with E-state index in [1.165, 1.54) is 18.2 Å². The highest BCUT2D eigenvalue weighted by Gasteiger charge is 2.14. The minimum absolute atomic E-state index is 0.114. The van der Waals surface area contributed by atoms with Crippen LogP contribution < -0.4 is 10.5 Å². The molecule has 7 heteroatoms. The molecule has 0 unspecified atom stereocenters. The molecule has 0 aliphatic rings. The fourth-order valence-corrected chi connectivity index (χ4v) is 2.83. The number of nitrogens with two attached hydrogens (primary N) is 1. The van der Waals surface area contributed by atoms with Gasteiger partial charge in [-0.3, -0.25) is 0 Å². The van der Waals surface area contributed by atoms with Crippen LogP contribution in [0.15, 0.2) is 23.1 Å². The smallest absolute Gasteiger partial charge is 0.240 e. The Bertz CT molecular complexity index is 520. The number of nitrogen functional groups attached to an aromatic ring is 1. The van der Waals surface area contributed by atoms with E-state index in [1.54, 1.807) is 0 Å². The standard InChI is InChI=1S/C13H21ClN2O3S/c1-2-3-8-19-9-4-7-16-20(17,18)11-5-6-13(15)12(14)10-11/h5-6,10,16H,2-4,7-9,15H2,1H3. The van der Waals surface area contributed by atoms with E-state index in [9.17, 15) is 8.42 Å². The Labute approximate surface area is 125 Å². The summed E-state index contributed by atoms with van der Waals surface area (Å²) in [7, 11) is -3.54. The monoisotopic (exact) mass is 320 g/mol. The van der Waals surface area contributed by atoms with Gasteiger partial charge in [0, 0.05) is 19.8 Å². The summed E-state index contributed by atoms with van der Waals surface area (Å²) in [6.45, 7) is 3.69. The third-order valence-electron chi connectivity index (χ3n) is 2.68. The maximum absolute atomic E-state index is 12.0. The highest BCUT2D eigenvalue weighted by Crippen LogP contribution is 2.22. The number of hydrogen-bond acceptors (Lipinski definition) is 4. The van der Waals surface area contributed by atoms with Gasteiger partial charge in [-0.05, 0) is 31.0 Å². The summed E-state index contributed by atoms with van der Waals surface area (Å²) in [5, 5.41) is 0.232. The van der Waals surface area contributed by atoms with Crippen molar-refractivity contribution >= 4 is 27.3 Å². The third-order valence-corrected chi connectivity index (χ3v) is 4.47. The Morgan fingerprint density at radius 2 is 2.00 bits per heavy atom. The molecule has 0 aliphatic carbocycles. The van der Waals surface area contributed by atoms with E-state index in [-0.39, 0.29) is 9.92 Å². The van der Waals surface area contributed by atoms with Gasteiger partial charge in [-0.2, -0.15) is 0 Å². The molecule has 0 radical (unpaired) electrons. The molecule has 3 N–H and O–H groups in total. The number of halogens is 1. The van der Waals surface area contributed by atoms with Crippen molar-refractivity contribution in [2.75, 3.05) is 25.5 Å². The lowest BCUT2D eigenvalue weighted by Crippen LogP contribution is -2.25. The molecule has 1 aromatic rings. The molecule has 114 valence electrons. The Morgan fingerprint density at radius 1 is 1.30 bits per heavy atom. The molecular weight excluding hydrogens is 300 g/mol. The SMILES string of the molecule is CCCCOCCCNS(=O)(=O)c1ccc(N)c(Cl)c1. The predicted octanol–water partition coefficient (Wildman–Crippen LogP) is 2.41. The largest absolute Gasteiger partial charge is 0.398 e. The van der Waals surface area contributed by atoms with Crippen LogP contribution in [0.1, 0.15) is 26.2 Å². The van der Waals surface area contributed by atoms with E-state index in [4.69, 9.17) is 22.1 Å². The van der Waals surface area contributed by atoms with Gasteiger partial charge in [0.25, 0.3) is 0 Å². The second-order valence-electron chi connectivity index (χ2n) is 4.40. The van der Waals surface area contributed by atoms with Crippen LogP contribution in [-0.4, -0.2) is 28.2 Å². The number of sulfonamides is 1. The molecule has 1 rings (SSSR count). The molecule has 0 bridgehead atoms. The first-order valence-electron chi connectivity index (χ1n) is 6.60. The lowest BCUT2D eigenvalue weighted by molar-refractivity contribution is 0.130. The number of unbranched alkanes of at least 4 members (excludes halogenated alkanes) is 1. The van der Waals surface area contributed by atoms with Gasteiger partial charge < -0.3 is 10.5 Å². The first-order chi connectivity index (χ1) is 9.47. The summed E-state index contributed by atoms with van der Waals surface area (Å²) >= 11 is 5.81.